The van der Waals surface area contributed by atoms with Crippen molar-refractivity contribution < 1.29 is 9.53 Å². The molecule has 2 heterocycles. The average Bonchev–Trinajstić information content (AvgIpc) is 3.16. The van der Waals surface area contributed by atoms with Crippen molar-refractivity contribution in [3.05, 3.63) is 75.4 Å². The number of aromatic nitrogens is 1. The van der Waals surface area contributed by atoms with Crippen molar-refractivity contribution >= 4 is 38.2 Å². The molecule has 136 valence electrons. The zero-order valence-electron chi connectivity index (χ0n) is 15.0. The fourth-order valence-corrected chi connectivity index (χ4v) is 4.22. The molecule has 1 amide bonds. The number of amides is 1. The summed E-state index contributed by atoms with van der Waals surface area (Å²) < 4.78 is 7.62. The summed E-state index contributed by atoms with van der Waals surface area (Å²) in [6.45, 7) is 0.413. The summed E-state index contributed by atoms with van der Waals surface area (Å²) in [5.41, 5.74) is 1.75. The van der Waals surface area contributed by atoms with Gasteiger partial charge in [0.15, 0.2) is 0 Å². The number of hydrogen-bond donors (Lipinski definition) is 1. The molecule has 2 aromatic carbocycles. The number of methoxy groups -OCH3 is 1. The molecule has 2 aromatic heterocycles. The SMILES string of the molecule is COc1ccc(CNC(=O)c2cc3c(=O)n(C)c4ccccc4c3s2)cc1. The number of carbonyl (C=O) groups is 1. The Morgan fingerprint density at radius 3 is 2.59 bits per heavy atom. The van der Waals surface area contributed by atoms with Crippen molar-refractivity contribution in [1.82, 2.24) is 9.88 Å². The number of thiophene rings is 1. The highest BCUT2D eigenvalue weighted by Gasteiger charge is 2.16. The number of carbonyl (C=O) groups excluding carboxylic acids is 1. The van der Waals surface area contributed by atoms with Crippen molar-refractivity contribution in [3.63, 3.8) is 0 Å². The molecule has 0 unspecified atom stereocenters. The van der Waals surface area contributed by atoms with Gasteiger partial charge in [-0.05, 0) is 29.8 Å². The first-order chi connectivity index (χ1) is 13.1. The van der Waals surface area contributed by atoms with Crippen LogP contribution in [0.1, 0.15) is 15.2 Å². The molecule has 0 saturated carbocycles. The van der Waals surface area contributed by atoms with E-state index in [1.165, 1.54) is 11.3 Å². The van der Waals surface area contributed by atoms with Gasteiger partial charge in [0.1, 0.15) is 5.75 Å². The molecular formula is C21H18N2O3S. The summed E-state index contributed by atoms with van der Waals surface area (Å²) in [6.07, 6.45) is 0. The monoisotopic (exact) mass is 378 g/mol. The Morgan fingerprint density at radius 2 is 1.85 bits per heavy atom. The quantitative estimate of drug-likeness (QED) is 0.589. The van der Waals surface area contributed by atoms with E-state index in [9.17, 15) is 9.59 Å². The summed E-state index contributed by atoms with van der Waals surface area (Å²) in [6, 6.07) is 17.0. The number of benzene rings is 2. The molecule has 0 atom stereocenters. The van der Waals surface area contributed by atoms with E-state index in [0.717, 1.165) is 26.9 Å². The lowest BCUT2D eigenvalue weighted by Crippen LogP contribution is -2.21. The number of fused-ring (bicyclic) bond motifs is 3. The highest BCUT2D eigenvalue weighted by molar-refractivity contribution is 7.21. The van der Waals surface area contributed by atoms with Crippen molar-refractivity contribution in [3.8, 4) is 5.75 Å². The maximum Gasteiger partial charge on any atom is 0.261 e. The standard InChI is InChI=1S/C21H18N2O3S/c1-23-17-6-4-3-5-15(17)19-16(21(23)25)11-18(27-19)20(24)22-12-13-7-9-14(26-2)10-8-13/h3-11H,12H2,1-2H3,(H,22,24). The minimum Gasteiger partial charge on any atom is -0.497 e. The number of hydrogen-bond acceptors (Lipinski definition) is 4. The third kappa shape index (κ3) is 3.08. The largest absolute Gasteiger partial charge is 0.497 e. The second kappa shape index (κ2) is 6.89. The van der Waals surface area contributed by atoms with Crippen LogP contribution in [0.5, 0.6) is 5.75 Å². The maximum absolute atomic E-state index is 12.6. The number of nitrogens with one attached hydrogen (secondary N) is 1. The summed E-state index contributed by atoms with van der Waals surface area (Å²) >= 11 is 1.35. The van der Waals surface area contributed by atoms with Gasteiger partial charge in [0.25, 0.3) is 11.5 Å². The molecule has 27 heavy (non-hydrogen) atoms. The fraction of sp³-hybridized carbons (Fsp3) is 0.143. The molecule has 0 fully saturated rings. The number of rotatable bonds is 4. The summed E-state index contributed by atoms with van der Waals surface area (Å²) in [5, 5.41) is 4.48. The van der Waals surface area contributed by atoms with Crippen molar-refractivity contribution in [1.29, 1.82) is 0 Å². The minimum absolute atomic E-state index is 0.0887. The van der Waals surface area contributed by atoms with Crippen molar-refractivity contribution in [2.45, 2.75) is 6.54 Å². The van der Waals surface area contributed by atoms with Crippen LogP contribution >= 0.6 is 11.3 Å². The number of ether oxygens (including phenoxy) is 1. The smallest absolute Gasteiger partial charge is 0.261 e. The number of pyridine rings is 1. The Hall–Kier alpha value is -3.12. The van der Waals surface area contributed by atoms with Crippen LogP contribution in [0, 0.1) is 0 Å². The van der Waals surface area contributed by atoms with Gasteiger partial charge in [-0.2, -0.15) is 0 Å². The van der Waals surface area contributed by atoms with Gasteiger partial charge >= 0.3 is 0 Å². The van der Waals surface area contributed by atoms with E-state index in [1.807, 2.05) is 48.5 Å². The van der Waals surface area contributed by atoms with Crippen LogP contribution in [0.2, 0.25) is 0 Å². The molecule has 6 heteroatoms. The molecule has 0 aliphatic rings. The van der Waals surface area contributed by atoms with Crippen molar-refractivity contribution in [2.75, 3.05) is 7.11 Å². The Labute approximate surface area is 159 Å². The topological polar surface area (TPSA) is 60.3 Å². The van der Waals surface area contributed by atoms with E-state index in [0.29, 0.717) is 16.8 Å². The van der Waals surface area contributed by atoms with Gasteiger partial charge in [-0.1, -0.05) is 30.3 Å². The van der Waals surface area contributed by atoms with Crippen LogP contribution in [-0.4, -0.2) is 17.6 Å². The molecule has 0 saturated heterocycles. The summed E-state index contributed by atoms with van der Waals surface area (Å²) in [4.78, 5) is 25.8. The van der Waals surface area contributed by atoms with Crippen LogP contribution in [0.15, 0.2) is 59.4 Å². The van der Waals surface area contributed by atoms with Gasteiger partial charge in [0, 0.05) is 23.7 Å². The highest BCUT2D eigenvalue weighted by Crippen LogP contribution is 2.30. The molecule has 0 bridgehead atoms. The first-order valence-corrected chi connectivity index (χ1v) is 9.32. The van der Waals surface area contributed by atoms with Crippen LogP contribution in [0.4, 0.5) is 0 Å². The van der Waals surface area contributed by atoms with Crippen LogP contribution in [0.25, 0.3) is 21.0 Å². The second-order valence-corrected chi connectivity index (χ2v) is 7.32. The lowest BCUT2D eigenvalue weighted by molar-refractivity contribution is 0.0955. The zero-order chi connectivity index (χ0) is 19.0. The third-order valence-electron chi connectivity index (χ3n) is 4.61. The molecule has 4 aromatic rings. The van der Waals surface area contributed by atoms with Crippen LogP contribution in [-0.2, 0) is 13.6 Å². The molecular weight excluding hydrogens is 360 g/mol. The third-order valence-corrected chi connectivity index (χ3v) is 5.78. The summed E-state index contributed by atoms with van der Waals surface area (Å²) in [5.74, 6) is 0.593. The highest BCUT2D eigenvalue weighted by atomic mass is 32.1. The predicted molar refractivity (Wildman–Crippen MR) is 109 cm³/mol. The number of para-hydroxylation sites is 1. The van der Waals surface area contributed by atoms with E-state index in [4.69, 9.17) is 4.74 Å². The minimum atomic E-state index is -0.182. The maximum atomic E-state index is 12.6. The molecule has 0 aliphatic heterocycles. The number of nitrogens with zero attached hydrogens (tertiary/aromatic N) is 1. The van der Waals surface area contributed by atoms with E-state index in [-0.39, 0.29) is 11.5 Å². The Morgan fingerprint density at radius 1 is 1.11 bits per heavy atom. The molecule has 4 rings (SSSR count). The van der Waals surface area contributed by atoms with E-state index in [1.54, 1.807) is 24.8 Å². The van der Waals surface area contributed by atoms with Gasteiger partial charge in [0.05, 0.1) is 22.9 Å². The first-order valence-electron chi connectivity index (χ1n) is 8.51. The first kappa shape index (κ1) is 17.3. The predicted octanol–water partition coefficient (Wildman–Crippen LogP) is 3.69. The fourth-order valence-electron chi connectivity index (χ4n) is 3.12. The van der Waals surface area contributed by atoms with Gasteiger partial charge in [-0.25, -0.2) is 0 Å². The average molecular weight is 378 g/mol. The lowest BCUT2D eigenvalue weighted by Gasteiger charge is -2.05. The molecule has 0 spiro atoms. The molecule has 0 aliphatic carbocycles. The van der Waals surface area contributed by atoms with Crippen LogP contribution < -0.4 is 15.6 Å². The van der Waals surface area contributed by atoms with Gasteiger partial charge in [-0.3, -0.25) is 9.59 Å². The second-order valence-electron chi connectivity index (χ2n) is 6.27. The Balaban J connectivity index is 1.65. The van der Waals surface area contributed by atoms with E-state index >= 15 is 0 Å². The van der Waals surface area contributed by atoms with Gasteiger partial charge < -0.3 is 14.6 Å². The van der Waals surface area contributed by atoms with Gasteiger partial charge in [-0.15, -0.1) is 11.3 Å². The Bertz CT molecular complexity index is 1210. The van der Waals surface area contributed by atoms with E-state index in [2.05, 4.69) is 5.32 Å². The van der Waals surface area contributed by atoms with Crippen LogP contribution in [0.3, 0.4) is 0 Å². The molecule has 5 nitrogen and oxygen atoms in total. The zero-order valence-corrected chi connectivity index (χ0v) is 15.8. The molecule has 0 radical (unpaired) electrons. The lowest BCUT2D eigenvalue weighted by atomic mass is 10.1. The number of aryl methyl sites for hydroxylation is 1. The van der Waals surface area contributed by atoms with E-state index < -0.39 is 0 Å². The van der Waals surface area contributed by atoms with Gasteiger partial charge in [0.2, 0.25) is 0 Å². The normalized spacial score (nSPS) is 11.0. The molecule has 1 N–H and O–H groups in total. The Kier molecular flexibility index (Phi) is 4.41. The van der Waals surface area contributed by atoms with Crippen molar-refractivity contribution in [2.24, 2.45) is 7.05 Å². The summed E-state index contributed by atoms with van der Waals surface area (Å²) in [7, 11) is 3.37.